The molecule has 0 aromatic heterocycles. The van der Waals surface area contributed by atoms with Gasteiger partial charge in [-0.3, -0.25) is 0 Å². The van der Waals surface area contributed by atoms with E-state index in [9.17, 15) is 26.3 Å². The molecule has 1 aliphatic heterocycles. The summed E-state index contributed by atoms with van der Waals surface area (Å²) in [6.07, 6.45) is -8.86. The first kappa shape index (κ1) is 22.2. The highest BCUT2D eigenvalue weighted by Gasteiger charge is 2.42. The third-order valence-electron chi connectivity index (χ3n) is 6.04. The maximum atomic E-state index is 13.0. The monoisotopic (exact) mass is 449 g/mol. The lowest BCUT2D eigenvalue weighted by atomic mass is 9.92. The van der Waals surface area contributed by atoms with Crippen LogP contribution in [0.2, 0.25) is 0 Å². The van der Waals surface area contributed by atoms with Crippen molar-refractivity contribution in [3.8, 4) is 22.3 Å². The number of aryl methyl sites for hydroxylation is 1. The van der Waals surface area contributed by atoms with Crippen LogP contribution in [0.3, 0.4) is 0 Å². The molecule has 0 saturated carbocycles. The lowest BCUT2D eigenvalue weighted by Gasteiger charge is -2.20. The van der Waals surface area contributed by atoms with Gasteiger partial charge in [-0.25, -0.2) is 0 Å². The fraction of sp³-hybridized carbons (Fsp3) is 0.280. The first-order valence-electron chi connectivity index (χ1n) is 10.2. The molecule has 1 saturated heterocycles. The predicted octanol–water partition coefficient (Wildman–Crippen LogP) is 7.96. The predicted molar refractivity (Wildman–Crippen MR) is 113 cm³/mol. The first-order valence-corrected chi connectivity index (χ1v) is 10.2. The van der Waals surface area contributed by atoms with Crippen molar-refractivity contribution in [2.75, 3.05) is 4.90 Å². The van der Waals surface area contributed by atoms with Gasteiger partial charge >= 0.3 is 12.4 Å². The molecule has 1 fully saturated rings. The zero-order valence-corrected chi connectivity index (χ0v) is 17.6. The number of alkyl halides is 6. The van der Waals surface area contributed by atoms with Gasteiger partial charge in [-0.15, -0.1) is 0 Å². The minimum atomic E-state index is -4.43. The molecule has 0 N–H and O–H groups in total. The molecule has 2 unspecified atom stereocenters. The average molecular weight is 449 g/mol. The van der Waals surface area contributed by atoms with Crippen LogP contribution in [0.25, 0.3) is 22.3 Å². The minimum absolute atomic E-state index is 0.208. The van der Waals surface area contributed by atoms with Gasteiger partial charge in [-0.2, -0.15) is 26.3 Å². The molecule has 0 bridgehead atoms. The van der Waals surface area contributed by atoms with E-state index in [-0.39, 0.29) is 12.1 Å². The molecule has 1 aliphatic rings. The number of hydrogen-bond donors (Lipinski definition) is 0. The lowest BCUT2D eigenvalue weighted by molar-refractivity contribution is -0.138. The Bertz CT molecular complexity index is 1040. The summed E-state index contributed by atoms with van der Waals surface area (Å²) in [5.74, 6) is 0. The van der Waals surface area contributed by atoms with E-state index in [0.717, 1.165) is 46.6 Å². The molecule has 0 amide bonds. The zero-order valence-electron chi connectivity index (χ0n) is 17.6. The molecule has 4 rings (SSSR count). The Morgan fingerprint density at radius 1 is 0.625 bits per heavy atom. The van der Waals surface area contributed by atoms with Gasteiger partial charge in [-0.1, -0.05) is 24.3 Å². The Kier molecular flexibility index (Phi) is 5.26. The van der Waals surface area contributed by atoms with Crippen LogP contribution in [0.15, 0.2) is 60.7 Å². The van der Waals surface area contributed by atoms with Crippen molar-refractivity contribution in [3.63, 3.8) is 0 Å². The molecular formula is C25H21F6N. The standard InChI is InChI=1S/C25H21F6N/c1-14-12-21(17-4-8-19(9-5-17)24(26,27)28)23(32-15(2)16(32)3)22(13-14)18-6-10-20(11-7-18)25(29,30)31/h4-13,15-16H,1-3H3. The summed E-state index contributed by atoms with van der Waals surface area (Å²) in [5, 5.41) is 0. The van der Waals surface area contributed by atoms with Gasteiger partial charge in [0.25, 0.3) is 0 Å². The average Bonchev–Trinajstić information content (AvgIpc) is 3.31. The van der Waals surface area contributed by atoms with Crippen molar-refractivity contribution in [2.45, 2.75) is 45.2 Å². The van der Waals surface area contributed by atoms with Gasteiger partial charge < -0.3 is 4.90 Å². The third kappa shape index (κ3) is 4.08. The van der Waals surface area contributed by atoms with Gasteiger partial charge in [0.15, 0.2) is 0 Å². The number of rotatable bonds is 3. The van der Waals surface area contributed by atoms with Crippen molar-refractivity contribution in [2.24, 2.45) is 0 Å². The largest absolute Gasteiger partial charge is 0.416 e. The summed E-state index contributed by atoms with van der Waals surface area (Å²) in [5.41, 5.74) is 2.97. The van der Waals surface area contributed by atoms with Crippen molar-refractivity contribution in [3.05, 3.63) is 77.4 Å². The van der Waals surface area contributed by atoms with Crippen molar-refractivity contribution in [1.82, 2.24) is 0 Å². The van der Waals surface area contributed by atoms with E-state index in [1.165, 1.54) is 24.3 Å². The summed E-state index contributed by atoms with van der Waals surface area (Å²) in [6.45, 7) is 5.94. The van der Waals surface area contributed by atoms with Gasteiger partial charge in [0, 0.05) is 23.2 Å². The number of halogens is 6. The topological polar surface area (TPSA) is 3.01 Å². The second-order valence-corrected chi connectivity index (χ2v) is 8.25. The molecule has 0 radical (unpaired) electrons. The molecule has 0 aliphatic carbocycles. The molecule has 3 aromatic rings. The molecule has 32 heavy (non-hydrogen) atoms. The van der Waals surface area contributed by atoms with Crippen molar-refractivity contribution >= 4 is 5.69 Å². The quantitative estimate of drug-likeness (QED) is 0.290. The zero-order chi connectivity index (χ0) is 23.4. The Morgan fingerprint density at radius 3 is 1.25 bits per heavy atom. The Morgan fingerprint density at radius 2 is 0.969 bits per heavy atom. The van der Waals surface area contributed by atoms with Crippen molar-refractivity contribution < 1.29 is 26.3 Å². The summed E-state index contributed by atoms with van der Waals surface area (Å²) in [7, 11) is 0. The molecule has 3 aromatic carbocycles. The maximum absolute atomic E-state index is 13.0. The summed E-state index contributed by atoms with van der Waals surface area (Å²) in [4.78, 5) is 2.14. The number of nitrogens with zero attached hydrogens (tertiary/aromatic N) is 1. The molecule has 1 nitrogen and oxygen atoms in total. The smallest absolute Gasteiger partial charge is 0.361 e. The number of anilines is 1. The van der Waals surface area contributed by atoms with Crippen LogP contribution in [0.4, 0.5) is 32.0 Å². The van der Waals surface area contributed by atoms with Gasteiger partial charge in [0.1, 0.15) is 0 Å². The van der Waals surface area contributed by atoms with Gasteiger partial charge in [0.05, 0.1) is 16.8 Å². The van der Waals surface area contributed by atoms with Crippen LogP contribution in [0.5, 0.6) is 0 Å². The van der Waals surface area contributed by atoms with Crippen LogP contribution < -0.4 is 4.90 Å². The van der Waals surface area contributed by atoms with Crippen LogP contribution in [-0.4, -0.2) is 12.1 Å². The van der Waals surface area contributed by atoms with E-state index in [0.29, 0.717) is 11.1 Å². The summed E-state index contributed by atoms with van der Waals surface area (Å²) in [6, 6.07) is 14.2. The number of benzene rings is 3. The van der Waals surface area contributed by atoms with Gasteiger partial charge in [0.2, 0.25) is 0 Å². The second kappa shape index (κ2) is 7.57. The molecule has 168 valence electrons. The number of hydrogen-bond acceptors (Lipinski definition) is 1. The molecule has 0 spiro atoms. The van der Waals surface area contributed by atoms with Crippen LogP contribution in [-0.2, 0) is 12.4 Å². The summed E-state index contributed by atoms with van der Waals surface area (Å²) >= 11 is 0. The fourth-order valence-corrected chi connectivity index (χ4v) is 4.09. The van der Waals surface area contributed by atoms with E-state index in [1.54, 1.807) is 0 Å². The SMILES string of the molecule is Cc1cc(-c2ccc(C(F)(F)F)cc2)c(N2C(C)C2C)c(-c2ccc(C(F)(F)F)cc2)c1. The maximum Gasteiger partial charge on any atom is 0.416 e. The van der Waals surface area contributed by atoms with E-state index in [4.69, 9.17) is 0 Å². The molecule has 2 atom stereocenters. The van der Waals surface area contributed by atoms with E-state index in [1.807, 2.05) is 32.9 Å². The minimum Gasteiger partial charge on any atom is -0.361 e. The van der Waals surface area contributed by atoms with Gasteiger partial charge in [-0.05, 0) is 73.9 Å². The van der Waals surface area contributed by atoms with Crippen LogP contribution in [0, 0.1) is 6.92 Å². The van der Waals surface area contributed by atoms with Crippen LogP contribution >= 0.6 is 0 Å². The Hall–Kier alpha value is -2.96. The Balaban J connectivity index is 1.88. The highest BCUT2D eigenvalue weighted by atomic mass is 19.4. The Labute approximate surface area is 182 Å². The summed E-state index contributed by atoms with van der Waals surface area (Å²) < 4.78 is 78.1. The van der Waals surface area contributed by atoms with E-state index >= 15 is 0 Å². The highest BCUT2D eigenvalue weighted by molar-refractivity contribution is 5.93. The molecular weight excluding hydrogens is 428 g/mol. The second-order valence-electron chi connectivity index (χ2n) is 8.25. The van der Waals surface area contributed by atoms with Crippen molar-refractivity contribution in [1.29, 1.82) is 0 Å². The molecule has 1 heterocycles. The lowest BCUT2D eigenvalue weighted by Crippen LogP contribution is -2.06. The highest BCUT2D eigenvalue weighted by Crippen LogP contribution is 2.48. The van der Waals surface area contributed by atoms with E-state index in [2.05, 4.69) is 4.90 Å². The molecule has 7 heteroatoms. The normalized spacial score (nSPS) is 18.7. The first-order chi connectivity index (χ1) is 14.9. The van der Waals surface area contributed by atoms with E-state index < -0.39 is 23.5 Å². The third-order valence-corrected chi connectivity index (χ3v) is 6.04. The fourth-order valence-electron chi connectivity index (χ4n) is 4.09. The van der Waals surface area contributed by atoms with Crippen LogP contribution in [0.1, 0.15) is 30.5 Å².